The molecule has 1 atom stereocenters. The van der Waals surface area contributed by atoms with Crippen LogP contribution in [0.2, 0.25) is 0 Å². The van der Waals surface area contributed by atoms with Crippen LogP contribution in [0.1, 0.15) is 25.5 Å². The summed E-state index contributed by atoms with van der Waals surface area (Å²) in [6.07, 6.45) is 0. The van der Waals surface area contributed by atoms with Gasteiger partial charge in [0.15, 0.2) is 6.04 Å². The number of urea groups is 1. The predicted octanol–water partition coefficient (Wildman–Crippen LogP) is 0.375. The topological polar surface area (TPSA) is 122 Å². The van der Waals surface area contributed by atoms with Crippen molar-refractivity contribution in [3.8, 4) is 0 Å². The second kappa shape index (κ2) is 6.05. The number of nitrogens with two attached hydrogens (primary N) is 1. The number of primary amides is 1. The van der Waals surface area contributed by atoms with Gasteiger partial charge in [-0.15, -0.1) is 0 Å². The summed E-state index contributed by atoms with van der Waals surface area (Å²) in [5, 5.41) is 13.8. The van der Waals surface area contributed by atoms with E-state index >= 15 is 0 Å². The molecular formula is C13H17N3O4. The third-order valence-electron chi connectivity index (χ3n) is 2.70. The number of nitrogens with one attached hydrogen (secondary N) is 2. The van der Waals surface area contributed by atoms with E-state index in [9.17, 15) is 14.4 Å². The Kier molecular flexibility index (Phi) is 4.68. The van der Waals surface area contributed by atoms with Crippen LogP contribution >= 0.6 is 0 Å². The molecule has 0 bridgehead atoms. The zero-order chi connectivity index (χ0) is 15.3. The lowest BCUT2D eigenvalue weighted by molar-refractivity contribution is -0.139. The average Bonchev–Trinajstić information content (AvgIpc) is 2.36. The molecule has 0 aromatic heterocycles. The molecule has 1 rings (SSSR count). The lowest BCUT2D eigenvalue weighted by atomic mass is 10.1. The highest BCUT2D eigenvalue weighted by molar-refractivity contribution is 5.90. The lowest BCUT2D eigenvalue weighted by Gasteiger charge is -2.24. The molecule has 0 fully saturated rings. The fourth-order valence-corrected chi connectivity index (χ4v) is 1.45. The van der Waals surface area contributed by atoms with E-state index < -0.39 is 29.5 Å². The van der Waals surface area contributed by atoms with Gasteiger partial charge in [-0.1, -0.05) is 30.3 Å². The Balaban J connectivity index is 2.80. The molecule has 20 heavy (non-hydrogen) atoms. The molecule has 7 heteroatoms. The van der Waals surface area contributed by atoms with Gasteiger partial charge >= 0.3 is 12.0 Å². The first kappa shape index (κ1) is 15.5. The fraction of sp³-hybridized carbons (Fsp3) is 0.308. The number of carboxylic acid groups (broad SMARTS) is 1. The van der Waals surface area contributed by atoms with E-state index in [1.807, 2.05) is 0 Å². The number of hydrogen-bond donors (Lipinski definition) is 4. The number of hydrogen-bond acceptors (Lipinski definition) is 3. The van der Waals surface area contributed by atoms with Crippen LogP contribution in [0.25, 0.3) is 0 Å². The van der Waals surface area contributed by atoms with Crippen molar-refractivity contribution in [3.05, 3.63) is 35.9 Å². The molecule has 5 N–H and O–H groups in total. The van der Waals surface area contributed by atoms with Gasteiger partial charge in [0.25, 0.3) is 0 Å². The summed E-state index contributed by atoms with van der Waals surface area (Å²) in [4.78, 5) is 34.1. The molecule has 0 aliphatic rings. The van der Waals surface area contributed by atoms with Crippen LogP contribution in [0, 0.1) is 0 Å². The Morgan fingerprint density at radius 1 is 1.20 bits per heavy atom. The van der Waals surface area contributed by atoms with Gasteiger partial charge in [-0.25, -0.2) is 9.59 Å². The van der Waals surface area contributed by atoms with E-state index in [2.05, 4.69) is 10.6 Å². The molecule has 0 aliphatic heterocycles. The molecule has 1 aromatic carbocycles. The Labute approximate surface area is 116 Å². The lowest BCUT2D eigenvalue weighted by Crippen LogP contribution is -2.56. The third kappa shape index (κ3) is 3.98. The van der Waals surface area contributed by atoms with Crippen LogP contribution in [0.15, 0.2) is 30.3 Å². The third-order valence-corrected chi connectivity index (χ3v) is 2.70. The zero-order valence-corrected chi connectivity index (χ0v) is 11.2. The smallest absolute Gasteiger partial charge is 0.330 e. The molecule has 1 unspecified atom stereocenters. The number of carboxylic acids is 1. The van der Waals surface area contributed by atoms with E-state index in [-0.39, 0.29) is 0 Å². The van der Waals surface area contributed by atoms with Crippen LogP contribution in [0.3, 0.4) is 0 Å². The quantitative estimate of drug-likeness (QED) is 0.622. The van der Waals surface area contributed by atoms with Crippen molar-refractivity contribution < 1.29 is 19.5 Å². The van der Waals surface area contributed by atoms with Crippen LogP contribution in [-0.2, 0) is 9.59 Å². The number of rotatable bonds is 5. The van der Waals surface area contributed by atoms with Crippen molar-refractivity contribution in [3.63, 3.8) is 0 Å². The van der Waals surface area contributed by atoms with E-state index in [0.29, 0.717) is 5.56 Å². The minimum Gasteiger partial charge on any atom is -0.479 e. The minimum absolute atomic E-state index is 0.423. The van der Waals surface area contributed by atoms with Gasteiger partial charge in [-0.2, -0.15) is 0 Å². The van der Waals surface area contributed by atoms with Crippen molar-refractivity contribution in [1.29, 1.82) is 0 Å². The van der Waals surface area contributed by atoms with Crippen molar-refractivity contribution in [2.45, 2.75) is 25.4 Å². The molecule has 108 valence electrons. The zero-order valence-electron chi connectivity index (χ0n) is 11.2. The standard InChI is InChI=1S/C13H17N3O4/c1-13(2,11(14)19)16-12(20)15-9(10(17)18)8-6-4-3-5-7-8/h3-7,9H,1-2H3,(H2,14,19)(H,17,18)(H2,15,16,20). The van der Waals surface area contributed by atoms with Crippen LogP contribution < -0.4 is 16.4 Å². The largest absolute Gasteiger partial charge is 0.479 e. The second-order valence-electron chi connectivity index (χ2n) is 4.77. The number of amides is 3. The van der Waals surface area contributed by atoms with Crippen molar-refractivity contribution in [2.24, 2.45) is 5.73 Å². The molecule has 1 aromatic rings. The summed E-state index contributed by atoms with van der Waals surface area (Å²) < 4.78 is 0. The van der Waals surface area contributed by atoms with Gasteiger partial charge < -0.3 is 21.5 Å². The highest BCUT2D eigenvalue weighted by Gasteiger charge is 2.29. The Morgan fingerprint density at radius 3 is 2.20 bits per heavy atom. The summed E-state index contributed by atoms with van der Waals surface area (Å²) in [5.74, 6) is -1.93. The molecule has 0 spiro atoms. The van der Waals surface area contributed by atoms with Crippen LogP contribution in [0.5, 0.6) is 0 Å². The molecule has 0 radical (unpaired) electrons. The molecule has 0 saturated heterocycles. The fourth-order valence-electron chi connectivity index (χ4n) is 1.45. The molecule has 7 nitrogen and oxygen atoms in total. The highest BCUT2D eigenvalue weighted by atomic mass is 16.4. The number of carbonyl (C=O) groups is 3. The molecular weight excluding hydrogens is 262 g/mol. The molecule has 0 saturated carbocycles. The Bertz CT molecular complexity index is 514. The number of aliphatic carboxylic acids is 1. The first-order valence-electron chi connectivity index (χ1n) is 5.90. The molecule has 3 amide bonds. The highest BCUT2D eigenvalue weighted by Crippen LogP contribution is 2.12. The van der Waals surface area contributed by atoms with Gasteiger partial charge in [0.2, 0.25) is 5.91 Å². The average molecular weight is 279 g/mol. The normalized spacial score (nSPS) is 12.3. The summed E-state index contributed by atoms with van der Waals surface area (Å²) in [7, 11) is 0. The van der Waals surface area contributed by atoms with Crippen LogP contribution in [0.4, 0.5) is 4.79 Å². The monoisotopic (exact) mass is 279 g/mol. The van der Waals surface area contributed by atoms with Gasteiger partial charge in [0.1, 0.15) is 5.54 Å². The Hall–Kier alpha value is -2.57. The van der Waals surface area contributed by atoms with Crippen LogP contribution in [-0.4, -0.2) is 28.6 Å². The van der Waals surface area contributed by atoms with E-state index in [0.717, 1.165) is 0 Å². The van der Waals surface area contributed by atoms with Crippen molar-refractivity contribution in [2.75, 3.05) is 0 Å². The summed E-state index contributed by atoms with van der Waals surface area (Å²) >= 11 is 0. The first-order valence-corrected chi connectivity index (χ1v) is 5.90. The maximum absolute atomic E-state index is 11.8. The van der Waals surface area contributed by atoms with Gasteiger partial charge in [-0.05, 0) is 19.4 Å². The number of benzene rings is 1. The molecule has 0 aliphatic carbocycles. The van der Waals surface area contributed by atoms with E-state index in [1.54, 1.807) is 30.3 Å². The van der Waals surface area contributed by atoms with Crippen molar-refractivity contribution in [1.82, 2.24) is 10.6 Å². The van der Waals surface area contributed by atoms with E-state index in [1.165, 1.54) is 13.8 Å². The number of carbonyl (C=O) groups excluding carboxylic acids is 2. The molecule has 0 heterocycles. The van der Waals surface area contributed by atoms with Gasteiger partial charge in [0, 0.05) is 0 Å². The second-order valence-corrected chi connectivity index (χ2v) is 4.77. The summed E-state index contributed by atoms with van der Waals surface area (Å²) in [6, 6.07) is 6.23. The Morgan fingerprint density at radius 2 is 1.75 bits per heavy atom. The maximum Gasteiger partial charge on any atom is 0.330 e. The van der Waals surface area contributed by atoms with Gasteiger partial charge in [0.05, 0.1) is 0 Å². The van der Waals surface area contributed by atoms with Crippen molar-refractivity contribution >= 4 is 17.9 Å². The maximum atomic E-state index is 11.8. The minimum atomic E-state index is -1.27. The van der Waals surface area contributed by atoms with E-state index in [4.69, 9.17) is 10.8 Å². The summed E-state index contributed by atoms with van der Waals surface area (Å²) in [6.45, 7) is 2.85. The predicted molar refractivity (Wildman–Crippen MR) is 71.8 cm³/mol. The first-order chi connectivity index (χ1) is 9.24. The van der Waals surface area contributed by atoms with Gasteiger partial charge in [-0.3, -0.25) is 4.79 Å². The SMILES string of the molecule is CC(C)(NC(=O)NC(C(=O)O)c1ccccc1)C(N)=O. The summed E-state index contributed by atoms with van der Waals surface area (Å²) in [5.41, 5.74) is 4.27.